The van der Waals surface area contributed by atoms with Crippen LogP contribution in [0.1, 0.15) is 18.1 Å². The minimum Gasteiger partial charge on any atom is -0.493 e. The van der Waals surface area contributed by atoms with E-state index in [1.54, 1.807) is 25.6 Å². The maximum atomic E-state index is 5.72. The second-order valence-electron chi connectivity index (χ2n) is 6.89. The molecule has 3 aromatic rings. The van der Waals surface area contributed by atoms with Crippen LogP contribution >= 0.6 is 23.6 Å². The minimum atomic E-state index is 0.762. The number of hydrogen-bond donors (Lipinski definition) is 1. The van der Waals surface area contributed by atoms with Gasteiger partial charge >= 0.3 is 0 Å². The first-order chi connectivity index (χ1) is 13.6. The van der Waals surface area contributed by atoms with Crippen molar-refractivity contribution >= 4 is 23.6 Å². The molecular weight excluding hydrogens is 392 g/mol. The van der Waals surface area contributed by atoms with Crippen LogP contribution in [0.3, 0.4) is 0 Å². The van der Waals surface area contributed by atoms with Crippen molar-refractivity contribution in [3.05, 3.63) is 45.5 Å². The third kappa shape index (κ3) is 3.47. The fourth-order valence-electron chi connectivity index (χ4n) is 3.79. The molecule has 1 aliphatic heterocycles. The van der Waals surface area contributed by atoms with Crippen LogP contribution in [0, 0.1) is 4.77 Å². The molecule has 0 fully saturated rings. The van der Waals surface area contributed by atoms with E-state index in [0.29, 0.717) is 0 Å². The average molecular weight is 418 g/mol. The van der Waals surface area contributed by atoms with Crippen molar-refractivity contribution in [3.63, 3.8) is 0 Å². The highest BCUT2D eigenvalue weighted by atomic mass is 32.1. The van der Waals surface area contributed by atoms with Crippen molar-refractivity contribution in [1.29, 1.82) is 0 Å². The van der Waals surface area contributed by atoms with Gasteiger partial charge in [0.25, 0.3) is 0 Å². The Kier molecular flexibility index (Phi) is 5.52. The standard InChI is InChI=1S/C20H24N4O2S2/c1-4-23-19(18-6-5-9-28-18)21-24(20(23)27)13-22-8-7-14-10-16(25-2)17(26-3)11-15(14)12-22/h5-6,9-11H,4,7-8,12-13H2,1-3H3/p+1. The normalized spacial score (nSPS) is 16.0. The van der Waals surface area contributed by atoms with Gasteiger partial charge in [0, 0.05) is 18.5 Å². The van der Waals surface area contributed by atoms with Crippen molar-refractivity contribution in [2.75, 3.05) is 20.8 Å². The molecule has 6 nitrogen and oxygen atoms in total. The molecule has 28 heavy (non-hydrogen) atoms. The molecule has 1 aromatic carbocycles. The summed E-state index contributed by atoms with van der Waals surface area (Å²) in [5.74, 6) is 2.55. The molecule has 0 radical (unpaired) electrons. The smallest absolute Gasteiger partial charge is 0.203 e. The van der Waals surface area contributed by atoms with E-state index in [1.165, 1.54) is 16.0 Å². The highest BCUT2D eigenvalue weighted by Gasteiger charge is 2.24. The molecule has 148 valence electrons. The lowest BCUT2D eigenvalue weighted by atomic mass is 9.99. The largest absolute Gasteiger partial charge is 0.493 e. The van der Waals surface area contributed by atoms with Crippen LogP contribution in [0.5, 0.6) is 11.5 Å². The van der Waals surface area contributed by atoms with Crippen LogP contribution in [-0.4, -0.2) is 35.1 Å². The number of hydrogen-bond acceptors (Lipinski definition) is 5. The quantitative estimate of drug-likeness (QED) is 0.627. The van der Waals surface area contributed by atoms with Gasteiger partial charge in [-0.05, 0) is 48.3 Å². The van der Waals surface area contributed by atoms with E-state index in [2.05, 4.69) is 41.1 Å². The van der Waals surface area contributed by atoms with Gasteiger partial charge in [0.05, 0.1) is 25.6 Å². The van der Waals surface area contributed by atoms with Crippen LogP contribution in [0.25, 0.3) is 10.7 Å². The first-order valence-corrected chi connectivity index (χ1v) is 10.7. The van der Waals surface area contributed by atoms with Crippen molar-refractivity contribution in [2.45, 2.75) is 33.1 Å². The van der Waals surface area contributed by atoms with E-state index in [-0.39, 0.29) is 0 Å². The molecule has 0 amide bonds. The van der Waals surface area contributed by atoms with Gasteiger partial charge in [-0.15, -0.1) is 16.4 Å². The zero-order valence-corrected chi connectivity index (χ0v) is 18.0. The average Bonchev–Trinajstić information content (AvgIpc) is 3.35. The highest BCUT2D eigenvalue weighted by molar-refractivity contribution is 7.71. The van der Waals surface area contributed by atoms with Gasteiger partial charge in [0.15, 0.2) is 24.0 Å². The van der Waals surface area contributed by atoms with Gasteiger partial charge in [-0.1, -0.05) is 6.07 Å². The maximum Gasteiger partial charge on any atom is 0.203 e. The minimum absolute atomic E-state index is 0.762. The summed E-state index contributed by atoms with van der Waals surface area (Å²) in [6.07, 6.45) is 1.00. The molecule has 8 heteroatoms. The second-order valence-corrected chi connectivity index (χ2v) is 8.20. The van der Waals surface area contributed by atoms with Gasteiger partial charge in [-0.2, -0.15) is 4.68 Å². The molecule has 0 saturated carbocycles. The molecule has 4 rings (SSSR count). The summed E-state index contributed by atoms with van der Waals surface area (Å²) in [4.78, 5) is 2.59. The Morgan fingerprint density at radius 3 is 2.61 bits per heavy atom. The summed E-state index contributed by atoms with van der Waals surface area (Å²) in [5, 5.41) is 6.93. The molecule has 1 N–H and O–H groups in total. The van der Waals surface area contributed by atoms with Crippen molar-refractivity contribution in [3.8, 4) is 22.2 Å². The van der Waals surface area contributed by atoms with Crippen LogP contribution in [-0.2, 0) is 26.2 Å². The number of aromatic nitrogens is 3. The van der Waals surface area contributed by atoms with Gasteiger partial charge in [0.1, 0.15) is 6.54 Å². The van der Waals surface area contributed by atoms with Crippen molar-refractivity contribution < 1.29 is 14.4 Å². The Bertz CT molecular complexity index is 1020. The lowest BCUT2D eigenvalue weighted by Crippen LogP contribution is -3.11. The van der Waals surface area contributed by atoms with Crippen LogP contribution in [0.4, 0.5) is 0 Å². The highest BCUT2D eigenvalue weighted by Crippen LogP contribution is 2.31. The zero-order chi connectivity index (χ0) is 19.7. The zero-order valence-electron chi connectivity index (χ0n) is 16.4. The number of methoxy groups -OCH3 is 2. The molecule has 0 saturated heterocycles. The number of thiophene rings is 1. The van der Waals surface area contributed by atoms with Gasteiger partial charge in [-0.3, -0.25) is 4.57 Å². The molecular formula is C20H25N4O2S2+. The first kappa shape index (κ1) is 19.2. The predicted molar refractivity (Wildman–Crippen MR) is 113 cm³/mol. The Balaban J connectivity index is 1.59. The molecule has 0 spiro atoms. The number of benzene rings is 1. The number of ether oxygens (including phenoxy) is 2. The molecule has 0 aliphatic carbocycles. The monoisotopic (exact) mass is 417 g/mol. The lowest BCUT2D eigenvalue weighted by Gasteiger charge is -2.26. The Hall–Kier alpha value is -2.16. The number of nitrogens with zero attached hydrogens (tertiary/aromatic N) is 3. The molecule has 1 unspecified atom stereocenters. The molecule has 0 bridgehead atoms. The van der Waals surface area contributed by atoms with E-state index in [9.17, 15) is 0 Å². The summed E-state index contributed by atoms with van der Waals surface area (Å²) < 4.78 is 15.8. The fourth-order valence-corrected chi connectivity index (χ4v) is 4.83. The van der Waals surface area contributed by atoms with Crippen LogP contribution in [0.15, 0.2) is 29.6 Å². The third-order valence-corrected chi connectivity index (χ3v) is 6.55. The van der Waals surface area contributed by atoms with E-state index < -0.39 is 0 Å². The Morgan fingerprint density at radius 1 is 1.21 bits per heavy atom. The summed E-state index contributed by atoms with van der Waals surface area (Å²) in [5.41, 5.74) is 2.64. The summed E-state index contributed by atoms with van der Waals surface area (Å²) in [6, 6.07) is 8.37. The summed E-state index contributed by atoms with van der Waals surface area (Å²) in [6.45, 7) is 5.66. The van der Waals surface area contributed by atoms with Gasteiger partial charge < -0.3 is 14.4 Å². The van der Waals surface area contributed by atoms with Crippen molar-refractivity contribution in [1.82, 2.24) is 14.3 Å². The van der Waals surface area contributed by atoms with E-state index in [4.69, 9.17) is 26.8 Å². The number of quaternary nitrogens is 1. The summed E-state index contributed by atoms with van der Waals surface area (Å²) in [7, 11) is 3.36. The Morgan fingerprint density at radius 2 is 1.96 bits per heavy atom. The van der Waals surface area contributed by atoms with E-state index >= 15 is 0 Å². The molecule has 2 aromatic heterocycles. The third-order valence-electron chi connectivity index (χ3n) is 5.25. The van der Waals surface area contributed by atoms with Crippen LogP contribution in [0.2, 0.25) is 0 Å². The lowest BCUT2D eigenvalue weighted by molar-refractivity contribution is -0.939. The predicted octanol–water partition coefficient (Wildman–Crippen LogP) is 2.78. The van der Waals surface area contributed by atoms with Crippen molar-refractivity contribution in [2.24, 2.45) is 0 Å². The fraction of sp³-hybridized carbons (Fsp3) is 0.400. The number of fused-ring (bicyclic) bond motifs is 1. The van der Waals surface area contributed by atoms with Gasteiger partial charge in [0.2, 0.25) is 4.77 Å². The first-order valence-electron chi connectivity index (χ1n) is 9.43. The number of rotatable bonds is 6. The van der Waals surface area contributed by atoms with E-state index in [0.717, 1.165) is 59.7 Å². The molecule has 1 aliphatic rings. The number of nitrogens with one attached hydrogen (secondary N) is 1. The molecule has 3 heterocycles. The topological polar surface area (TPSA) is 45.7 Å². The Labute approximate surface area is 173 Å². The van der Waals surface area contributed by atoms with Crippen LogP contribution < -0.4 is 14.4 Å². The van der Waals surface area contributed by atoms with E-state index in [1.807, 2.05) is 4.68 Å². The SMILES string of the molecule is CCn1c(-c2cccs2)nn(C[NH+]2CCc3cc(OC)c(OC)cc3C2)c1=S. The maximum absolute atomic E-state index is 5.72. The second kappa shape index (κ2) is 8.06. The summed E-state index contributed by atoms with van der Waals surface area (Å²) >= 11 is 7.42. The molecule has 1 atom stereocenters. The van der Waals surface area contributed by atoms with Gasteiger partial charge in [-0.25, -0.2) is 0 Å².